The Hall–Kier alpha value is -0.370. The summed E-state index contributed by atoms with van der Waals surface area (Å²) in [6.07, 6.45) is 10.4. The molecular weight excluding hydrogens is 214 g/mol. The van der Waals surface area contributed by atoms with Crippen molar-refractivity contribution in [2.24, 2.45) is 0 Å². The first-order chi connectivity index (χ1) is 7.77. The summed E-state index contributed by atoms with van der Waals surface area (Å²) < 4.78 is 0. The van der Waals surface area contributed by atoms with Crippen molar-refractivity contribution in [2.75, 3.05) is 0 Å². The molecule has 0 spiro atoms. The molecule has 1 aromatic rings. The number of aryl methyl sites for hydroxylation is 3. The Morgan fingerprint density at radius 2 is 1.56 bits per heavy atom. The van der Waals surface area contributed by atoms with Crippen LogP contribution in [0.5, 0.6) is 0 Å². The van der Waals surface area contributed by atoms with Crippen LogP contribution in [0.25, 0.3) is 0 Å². The molecule has 0 aliphatic carbocycles. The van der Waals surface area contributed by atoms with E-state index in [1.807, 2.05) is 11.3 Å². The second kappa shape index (κ2) is 7.83. The third-order valence-electron chi connectivity index (χ3n) is 2.91. The van der Waals surface area contributed by atoms with Gasteiger partial charge in [0.1, 0.15) is 0 Å². The molecule has 16 heavy (non-hydrogen) atoms. The zero-order chi connectivity index (χ0) is 11.8. The molecule has 1 heterocycles. The zero-order valence-corrected chi connectivity index (χ0v) is 11.8. The number of hydrogen-bond acceptors (Lipinski definition) is 2. The first kappa shape index (κ1) is 13.7. The molecule has 2 heteroatoms. The van der Waals surface area contributed by atoms with Gasteiger partial charge in [-0.25, -0.2) is 4.98 Å². The monoisotopic (exact) mass is 239 g/mol. The molecule has 0 unspecified atom stereocenters. The Morgan fingerprint density at radius 3 is 2.19 bits per heavy atom. The van der Waals surface area contributed by atoms with E-state index in [0.29, 0.717) is 0 Å². The third-order valence-corrected chi connectivity index (χ3v) is 3.98. The summed E-state index contributed by atoms with van der Waals surface area (Å²) in [6, 6.07) is 0. The number of rotatable bonds is 8. The Morgan fingerprint density at radius 1 is 0.938 bits per heavy atom. The normalized spacial score (nSPS) is 10.9. The number of nitrogens with zero attached hydrogens (tertiary/aromatic N) is 1. The lowest BCUT2D eigenvalue weighted by Crippen LogP contribution is -1.92. The van der Waals surface area contributed by atoms with Crippen LogP contribution in [0, 0.1) is 6.92 Å². The molecular formula is C14H25NS. The van der Waals surface area contributed by atoms with Crippen LogP contribution in [0.4, 0.5) is 0 Å². The molecule has 0 radical (unpaired) electrons. The lowest BCUT2D eigenvalue weighted by Gasteiger charge is -2.01. The van der Waals surface area contributed by atoms with E-state index in [-0.39, 0.29) is 0 Å². The van der Waals surface area contributed by atoms with Crippen molar-refractivity contribution in [3.63, 3.8) is 0 Å². The molecule has 0 saturated carbocycles. The summed E-state index contributed by atoms with van der Waals surface area (Å²) in [6.45, 7) is 6.66. The predicted molar refractivity (Wildman–Crippen MR) is 73.3 cm³/mol. The molecule has 1 rings (SSSR count). The van der Waals surface area contributed by atoms with Crippen molar-refractivity contribution in [1.29, 1.82) is 0 Å². The molecule has 0 amide bonds. The minimum atomic E-state index is 1.19. The first-order valence-electron chi connectivity index (χ1n) is 6.73. The lowest BCUT2D eigenvalue weighted by atomic mass is 10.1. The van der Waals surface area contributed by atoms with Gasteiger partial charge in [0.2, 0.25) is 0 Å². The second-order valence-electron chi connectivity index (χ2n) is 4.52. The Kier molecular flexibility index (Phi) is 6.70. The van der Waals surface area contributed by atoms with Gasteiger partial charge in [-0.2, -0.15) is 0 Å². The van der Waals surface area contributed by atoms with Crippen molar-refractivity contribution < 1.29 is 0 Å². The van der Waals surface area contributed by atoms with Crippen LogP contribution in [0.2, 0.25) is 0 Å². The van der Waals surface area contributed by atoms with Crippen molar-refractivity contribution >= 4 is 11.3 Å². The van der Waals surface area contributed by atoms with E-state index in [0.717, 1.165) is 0 Å². The molecule has 0 aliphatic rings. The molecule has 1 nitrogen and oxygen atoms in total. The smallest absolute Gasteiger partial charge is 0.0900 e. The van der Waals surface area contributed by atoms with Gasteiger partial charge in [-0.3, -0.25) is 0 Å². The number of aromatic nitrogens is 1. The molecule has 0 atom stereocenters. The Balaban J connectivity index is 2.46. The number of hydrogen-bond donors (Lipinski definition) is 0. The third kappa shape index (κ3) is 4.65. The van der Waals surface area contributed by atoms with Gasteiger partial charge in [0, 0.05) is 4.88 Å². The number of thiazole rings is 1. The zero-order valence-electron chi connectivity index (χ0n) is 11.0. The van der Waals surface area contributed by atoms with E-state index in [1.54, 1.807) is 4.88 Å². The minimum Gasteiger partial charge on any atom is -0.246 e. The summed E-state index contributed by atoms with van der Waals surface area (Å²) in [4.78, 5) is 6.24. The van der Waals surface area contributed by atoms with Gasteiger partial charge in [0.05, 0.1) is 10.7 Å². The second-order valence-corrected chi connectivity index (χ2v) is 5.80. The minimum absolute atomic E-state index is 1.19. The maximum Gasteiger partial charge on any atom is 0.0900 e. The van der Waals surface area contributed by atoms with Gasteiger partial charge in [-0.15, -0.1) is 11.3 Å². The van der Waals surface area contributed by atoms with Crippen molar-refractivity contribution in [3.05, 3.63) is 15.6 Å². The van der Waals surface area contributed by atoms with Crippen LogP contribution >= 0.6 is 11.3 Å². The van der Waals surface area contributed by atoms with Crippen molar-refractivity contribution in [1.82, 2.24) is 4.98 Å². The molecule has 0 bridgehead atoms. The maximum absolute atomic E-state index is 4.68. The summed E-state index contributed by atoms with van der Waals surface area (Å²) in [5.41, 5.74) is 1.40. The summed E-state index contributed by atoms with van der Waals surface area (Å²) in [5.74, 6) is 0. The van der Waals surface area contributed by atoms with Gasteiger partial charge in [0.25, 0.3) is 0 Å². The fourth-order valence-electron chi connectivity index (χ4n) is 1.98. The summed E-state index contributed by atoms with van der Waals surface area (Å²) in [5, 5.41) is 1.25. The molecule has 1 aromatic heterocycles. The van der Waals surface area contributed by atoms with Crippen LogP contribution in [-0.4, -0.2) is 4.98 Å². The van der Waals surface area contributed by atoms with E-state index in [1.165, 1.54) is 62.1 Å². The van der Waals surface area contributed by atoms with Crippen LogP contribution < -0.4 is 0 Å². The summed E-state index contributed by atoms with van der Waals surface area (Å²) >= 11 is 1.91. The molecule has 0 aromatic carbocycles. The van der Waals surface area contributed by atoms with Gasteiger partial charge in [-0.05, 0) is 32.6 Å². The average Bonchev–Trinajstić information content (AvgIpc) is 2.60. The molecule has 0 fully saturated rings. The summed E-state index contributed by atoms with van der Waals surface area (Å²) in [7, 11) is 0. The van der Waals surface area contributed by atoms with Gasteiger partial charge >= 0.3 is 0 Å². The predicted octanol–water partition coefficient (Wildman–Crippen LogP) is 4.92. The van der Waals surface area contributed by atoms with E-state index < -0.39 is 0 Å². The van der Waals surface area contributed by atoms with E-state index >= 15 is 0 Å². The topological polar surface area (TPSA) is 12.9 Å². The van der Waals surface area contributed by atoms with Gasteiger partial charge in [0.15, 0.2) is 0 Å². The fraction of sp³-hybridized carbons (Fsp3) is 0.786. The SMILES string of the molecule is CCCCCc1nc(C)sc1CCCCC. The number of unbranched alkanes of at least 4 members (excludes halogenated alkanes) is 4. The average molecular weight is 239 g/mol. The highest BCUT2D eigenvalue weighted by Crippen LogP contribution is 2.22. The molecule has 92 valence electrons. The lowest BCUT2D eigenvalue weighted by molar-refractivity contribution is 0.690. The van der Waals surface area contributed by atoms with Crippen molar-refractivity contribution in [2.45, 2.75) is 72.1 Å². The first-order valence-corrected chi connectivity index (χ1v) is 7.54. The highest BCUT2D eigenvalue weighted by atomic mass is 32.1. The highest BCUT2D eigenvalue weighted by Gasteiger charge is 2.08. The van der Waals surface area contributed by atoms with Gasteiger partial charge in [-0.1, -0.05) is 39.5 Å². The van der Waals surface area contributed by atoms with Crippen LogP contribution in [0.1, 0.15) is 68.0 Å². The molecule has 0 N–H and O–H groups in total. The quantitative estimate of drug-likeness (QED) is 0.587. The van der Waals surface area contributed by atoms with Crippen molar-refractivity contribution in [3.8, 4) is 0 Å². The van der Waals surface area contributed by atoms with E-state index in [2.05, 4.69) is 25.8 Å². The van der Waals surface area contributed by atoms with Gasteiger partial charge < -0.3 is 0 Å². The van der Waals surface area contributed by atoms with E-state index in [4.69, 9.17) is 0 Å². The van der Waals surface area contributed by atoms with Crippen LogP contribution in [-0.2, 0) is 12.8 Å². The van der Waals surface area contributed by atoms with E-state index in [9.17, 15) is 0 Å². The Bertz CT molecular complexity index is 263. The molecule has 0 saturated heterocycles. The standard InChI is InChI=1S/C14H25NS/c1-4-6-8-10-13-14(11-9-7-5-2)16-12(3)15-13/h4-11H2,1-3H3. The largest absolute Gasteiger partial charge is 0.246 e. The fourth-order valence-corrected chi connectivity index (χ4v) is 3.01. The van der Waals surface area contributed by atoms with Crippen LogP contribution in [0.3, 0.4) is 0 Å². The van der Waals surface area contributed by atoms with Crippen LogP contribution in [0.15, 0.2) is 0 Å². The Labute approximate surface area is 104 Å². The highest BCUT2D eigenvalue weighted by molar-refractivity contribution is 7.11. The molecule has 0 aliphatic heterocycles. The maximum atomic E-state index is 4.68.